The van der Waals surface area contributed by atoms with Crippen LogP contribution in [0.2, 0.25) is 0 Å². The van der Waals surface area contributed by atoms with Crippen molar-refractivity contribution in [3.8, 4) is 0 Å². The van der Waals surface area contributed by atoms with E-state index in [4.69, 9.17) is 0 Å². The van der Waals surface area contributed by atoms with Crippen LogP contribution < -0.4 is 5.32 Å². The first-order valence-electron chi connectivity index (χ1n) is 7.79. The summed E-state index contributed by atoms with van der Waals surface area (Å²) in [5.74, 6) is 0. The zero-order chi connectivity index (χ0) is 17.1. The number of amides is 2. The van der Waals surface area contributed by atoms with Crippen LogP contribution in [0.15, 0.2) is 29.8 Å². The average Bonchev–Trinajstić information content (AvgIpc) is 3.12. The minimum atomic E-state index is -0.408. The predicted molar refractivity (Wildman–Crippen MR) is 90.9 cm³/mol. The Labute approximate surface area is 143 Å². The molecule has 2 heterocycles. The largest absolute Gasteiger partial charge is 0.329 e. The summed E-state index contributed by atoms with van der Waals surface area (Å²) in [6, 6.07) is 4.60. The Hall–Kier alpha value is -2.48. The van der Waals surface area contributed by atoms with Gasteiger partial charge in [0.15, 0.2) is 0 Å². The van der Waals surface area contributed by atoms with Gasteiger partial charge < -0.3 is 10.2 Å². The molecule has 2 aromatic rings. The quantitative estimate of drug-likeness (QED) is 0.680. The number of non-ortho nitro benzene ring substituents is 1. The first kappa shape index (κ1) is 16.4. The summed E-state index contributed by atoms with van der Waals surface area (Å²) in [7, 11) is 0. The van der Waals surface area contributed by atoms with Gasteiger partial charge in [-0.05, 0) is 24.0 Å². The first-order chi connectivity index (χ1) is 11.6. The van der Waals surface area contributed by atoms with Crippen LogP contribution in [-0.4, -0.2) is 27.4 Å². The topological polar surface area (TPSA) is 88.4 Å². The maximum absolute atomic E-state index is 12.5. The molecule has 1 aliphatic rings. The van der Waals surface area contributed by atoms with E-state index < -0.39 is 4.92 Å². The zero-order valence-corrected chi connectivity index (χ0v) is 14.1. The molecule has 8 heteroatoms. The molecule has 126 valence electrons. The second-order valence-electron chi connectivity index (χ2n) is 5.66. The molecule has 0 saturated carbocycles. The van der Waals surface area contributed by atoms with Crippen LogP contribution in [0.5, 0.6) is 0 Å². The van der Waals surface area contributed by atoms with Gasteiger partial charge >= 0.3 is 6.03 Å². The SMILES string of the molecule is CC[C@H](NC(=O)N1CCc2ccc([N+](=O)[O-])cc2C1)c1nccs1. The smallest absolute Gasteiger partial charge is 0.318 e. The molecule has 7 nitrogen and oxygen atoms in total. The molecular weight excluding hydrogens is 328 g/mol. The molecule has 24 heavy (non-hydrogen) atoms. The predicted octanol–water partition coefficient (Wildman–Crippen LogP) is 3.27. The molecule has 0 aliphatic carbocycles. The zero-order valence-electron chi connectivity index (χ0n) is 13.3. The lowest BCUT2D eigenvalue weighted by molar-refractivity contribution is -0.385. The van der Waals surface area contributed by atoms with E-state index in [0.29, 0.717) is 19.5 Å². The molecule has 0 bridgehead atoms. The highest BCUT2D eigenvalue weighted by atomic mass is 32.1. The van der Waals surface area contributed by atoms with E-state index in [1.54, 1.807) is 23.2 Å². The molecule has 1 aliphatic heterocycles. The average molecular weight is 346 g/mol. The third-order valence-corrected chi connectivity index (χ3v) is 5.04. The van der Waals surface area contributed by atoms with E-state index >= 15 is 0 Å². The van der Waals surface area contributed by atoms with Gasteiger partial charge in [0, 0.05) is 36.8 Å². The number of nitro benzene ring substituents is 1. The van der Waals surface area contributed by atoms with Crippen LogP contribution >= 0.6 is 11.3 Å². The monoisotopic (exact) mass is 346 g/mol. The Morgan fingerprint density at radius 2 is 2.33 bits per heavy atom. The number of carbonyl (C=O) groups excluding carboxylic acids is 1. The first-order valence-corrected chi connectivity index (χ1v) is 8.67. The maximum Gasteiger partial charge on any atom is 0.318 e. The Balaban J connectivity index is 1.71. The summed E-state index contributed by atoms with van der Waals surface area (Å²) in [5.41, 5.74) is 1.97. The molecule has 1 aromatic heterocycles. The number of rotatable bonds is 4. The van der Waals surface area contributed by atoms with Gasteiger partial charge in [-0.15, -0.1) is 11.3 Å². The van der Waals surface area contributed by atoms with Gasteiger partial charge in [-0.3, -0.25) is 10.1 Å². The van der Waals surface area contributed by atoms with E-state index in [0.717, 1.165) is 22.6 Å². The minimum absolute atomic E-state index is 0.0604. The number of hydrogen-bond donors (Lipinski definition) is 1. The molecule has 3 rings (SSSR count). The molecule has 0 radical (unpaired) electrons. The van der Waals surface area contributed by atoms with Crippen molar-refractivity contribution < 1.29 is 9.72 Å². The standard InChI is InChI=1S/C16H18N4O3S/c1-2-14(15-17-6-8-24-15)18-16(21)19-7-5-11-3-4-13(20(22)23)9-12(11)10-19/h3-4,6,8-9,14H,2,5,7,10H2,1H3,(H,18,21)/t14-/m0/s1. The lowest BCUT2D eigenvalue weighted by atomic mass is 9.99. The Morgan fingerprint density at radius 3 is 3.00 bits per heavy atom. The fourth-order valence-electron chi connectivity index (χ4n) is 2.82. The Bertz CT molecular complexity index is 748. The van der Waals surface area contributed by atoms with Crippen LogP contribution in [0.1, 0.15) is 35.5 Å². The van der Waals surface area contributed by atoms with Crippen LogP contribution in [0, 0.1) is 10.1 Å². The number of carbonyl (C=O) groups is 1. The van der Waals surface area contributed by atoms with E-state index in [9.17, 15) is 14.9 Å². The van der Waals surface area contributed by atoms with Gasteiger partial charge in [0.05, 0.1) is 11.0 Å². The summed E-state index contributed by atoms with van der Waals surface area (Å²) in [4.78, 5) is 29.0. The van der Waals surface area contributed by atoms with E-state index in [2.05, 4.69) is 10.3 Å². The number of hydrogen-bond acceptors (Lipinski definition) is 5. The number of thiazole rings is 1. The summed E-state index contributed by atoms with van der Waals surface area (Å²) in [5, 5.41) is 16.7. The third kappa shape index (κ3) is 3.38. The molecule has 1 aromatic carbocycles. The molecule has 0 fully saturated rings. The molecule has 1 atom stereocenters. The molecular formula is C16H18N4O3S. The summed E-state index contributed by atoms with van der Waals surface area (Å²) < 4.78 is 0. The van der Waals surface area contributed by atoms with Gasteiger partial charge in [0.2, 0.25) is 0 Å². The highest BCUT2D eigenvalue weighted by Crippen LogP contribution is 2.25. The van der Waals surface area contributed by atoms with Crippen molar-refractivity contribution in [3.05, 3.63) is 56.0 Å². The third-order valence-electron chi connectivity index (χ3n) is 4.16. The highest BCUT2D eigenvalue weighted by molar-refractivity contribution is 7.09. The lowest BCUT2D eigenvalue weighted by Gasteiger charge is -2.30. The Kier molecular flexibility index (Phi) is 4.75. The van der Waals surface area contributed by atoms with Crippen molar-refractivity contribution in [3.63, 3.8) is 0 Å². The molecule has 0 unspecified atom stereocenters. The summed E-state index contributed by atoms with van der Waals surface area (Å²) in [6.45, 7) is 2.99. The van der Waals surface area contributed by atoms with Crippen molar-refractivity contribution in [1.82, 2.24) is 15.2 Å². The van der Waals surface area contributed by atoms with Gasteiger partial charge in [-0.25, -0.2) is 9.78 Å². The minimum Gasteiger partial charge on any atom is -0.329 e. The highest BCUT2D eigenvalue weighted by Gasteiger charge is 2.24. The maximum atomic E-state index is 12.5. The van der Waals surface area contributed by atoms with Crippen LogP contribution in [0.25, 0.3) is 0 Å². The number of nitro groups is 1. The number of fused-ring (bicyclic) bond motifs is 1. The van der Waals surface area contributed by atoms with E-state index in [1.165, 1.54) is 17.4 Å². The fourth-order valence-corrected chi connectivity index (χ4v) is 3.59. The summed E-state index contributed by atoms with van der Waals surface area (Å²) in [6.07, 6.45) is 3.19. The normalized spacial score (nSPS) is 14.8. The molecule has 2 amide bonds. The van der Waals surface area contributed by atoms with Crippen molar-refractivity contribution in [2.75, 3.05) is 6.54 Å². The summed E-state index contributed by atoms with van der Waals surface area (Å²) >= 11 is 1.52. The van der Waals surface area contributed by atoms with Crippen molar-refractivity contribution >= 4 is 23.1 Å². The van der Waals surface area contributed by atoms with Gasteiger partial charge in [-0.1, -0.05) is 13.0 Å². The van der Waals surface area contributed by atoms with Crippen LogP contribution in [-0.2, 0) is 13.0 Å². The molecule has 1 N–H and O–H groups in total. The Morgan fingerprint density at radius 1 is 1.50 bits per heavy atom. The van der Waals surface area contributed by atoms with Crippen molar-refractivity contribution in [2.24, 2.45) is 0 Å². The second kappa shape index (κ2) is 6.96. The molecule has 0 spiro atoms. The van der Waals surface area contributed by atoms with Crippen LogP contribution in [0.4, 0.5) is 10.5 Å². The van der Waals surface area contributed by atoms with E-state index in [1.807, 2.05) is 12.3 Å². The van der Waals surface area contributed by atoms with E-state index in [-0.39, 0.29) is 17.8 Å². The number of aromatic nitrogens is 1. The number of urea groups is 1. The van der Waals surface area contributed by atoms with Crippen molar-refractivity contribution in [2.45, 2.75) is 32.4 Å². The number of benzene rings is 1. The van der Waals surface area contributed by atoms with Crippen molar-refractivity contribution in [1.29, 1.82) is 0 Å². The number of nitrogens with one attached hydrogen (secondary N) is 1. The van der Waals surface area contributed by atoms with Gasteiger partial charge in [0.1, 0.15) is 5.01 Å². The molecule has 0 saturated heterocycles. The fraction of sp³-hybridized carbons (Fsp3) is 0.375. The van der Waals surface area contributed by atoms with Gasteiger partial charge in [0.25, 0.3) is 5.69 Å². The number of nitrogens with zero attached hydrogens (tertiary/aromatic N) is 3. The van der Waals surface area contributed by atoms with Crippen LogP contribution in [0.3, 0.4) is 0 Å². The van der Waals surface area contributed by atoms with Gasteiger partial charge in [-0.2, -0.15) is 0 Å². The lowest BCUT2D eigenvalue weighted by Crippen LogP contribution is -2.44. The second-order valence-corrected chi connectivity index (χ2v) is 6.59.